The van der Waals surface area contributed by atoms with E-state index < -0.39 is 0 Å². The maximum atomic E-state index is 12.4. The third-order valence-electron chi connectivity index (χ3n) is 3.36. The standard InChI is InChI=1S/C14H14BrFN2/c15-13-2-1-12-3-10(6-17-14(12)4-13)7-18-8-11(5-16)9-18/h1-4,6,11H,5,7-9H2. The number of aromatic nitrogens is 1. The lowest BCUT2D eigenvalue weighted by molar-refractivity contribution is 0.0737. The second kappa shape index (κ2) is 4.94. The van der Waals surface area contributed by atoms with Gasteiger partial charge in [-0.1, -0.05) is 22.0 Å². The van der Waals surface area contributed by atoms with E-state index in [0.29, 0.717) is 0 Å². The number of benzene rings is 1. The molecule has 2 aromatic rings. The Hall–Kier alpha value is -1.00. The van der Waals surface area contributed by atoms with E-state index in [1.807, 2.05) is 18.3 Å². The second-order valence-corrected chi connectivity index (χ2v) is 5.81. The summed E-state index contributed by atoms with van der Waals surface area (Å²) in [6, 6.07) is 8.27. The molecule has 1 saturated heterocycles. The first kappa shape index (κ1) is 12.1. The van der Waals surface area contributed by atoms with Crippen molar-refractivity contribution >= 4 is 26.8 Å². The van der Waals surface area contributed by atoms with Crippen LogP contribution in [-0.2, 0) is 6.54 Å². The normalized spacial score (nSPS) is 17.0. The van der Waals surface area contributed by atoms with Crippen LogP contribution in [0.2, 0.25) is 0 Å². The maximum Gasteiger partial charge on any atom is 0.0947 e. The van der Waals surface area contributed by atoms with Crippen LogP contribution in [0.3, 0.4) is 0 Å². The Morgan fingerprint density at radius 2 is 2.17 bits per heavy atom. The Kier molecular flexibility index (Phi) is 3.31. The molecule has 0 aliphatic carbocycles. The van der Waals surface area contributed by atoms with Gasteiger partial charge in [0, 0.05) is 41.6 Å². The molecule has 0 spiro atoms. The van der Waals surface area contributed by atoms with Crippen molar-refractivity contribution in [1.29, 1.82) is 0 Å². The van der Waals surface area contributed by atoms with Gasteiger partial charge in [0.1, 0.15) is 0 Å². The molecule has 3 rings (SSSR count). The van der Waals surface area contributed by atoms with Gasteiger partial charge in [-0.25, -0.2) is 0 Å². The van der Waals surface area contributed by atoms with Crippen LogP contribution >= 0.6 is 15.9 Å². The first-order chi connectivity index (χ1) is 8.74. The number of nitrogens with zero attached hydrogens (tertiary/aromatic N) is 2. The zero-order valence-corrected chi connectivity index (χ0v) is 11.5. The van der Waals surface area contributed by atoms with E-state index in [9.17, 15) is 4.39 Å². The molecule has 0 unspecified atom stereocenters. The number of rotatable bonds is 3. The van der Waals surface area contributed by atoms with Gasteiger partial charge in [0.15, 0.2) is 0 Å². The summed E-state index contributed by atoms with van der Waals surface area (Å²) in [5.41, 5.74) is 2.19. The number of pyridine rings is 1. The SMILES string of the molecule is FCC1CN(Cc2cnc3cc(Br)ccc3c2)C1. The molecular formula is C14H14BrFN2. The molecule has 1 aliphatic heterocycles. The minimum absolute atomic E-state index is 0.194. The summed E-state index contributed by atoms with van der Waals surface area (Å²) in [5.74, 6) is 0.245. The average Bonchev–Trinajstić information content (AvgIpc) is 2.33. The summed E-state index contributed by atoms with van der Waals surface area (Å²) in [4.78, 5) is 6.72. The molecule has 0 N–H and O–H groups in total. The highest BCUT2D eigenvalue weighted by Crippen LogP contribution is 2.22. The maximum absolute atomic E-state index is 12.4. The van der Waals surface area contributed by atoms with Crippen molar-refractivity contribution in [2.45, 2.75) is 6.54 Å². The highest BCUT2D eigenvalue weighted by molar-refractivity contribution is 9.10. The Bertz CT molecular complexity index is 567. The van der Waals surface area contributed by atoms with E-state index >= 15 is 0 Å². The fourth-order valence-electron chi connectivity index (χ4n) is 2.39. The Labute approximate surface area is 114 Å². The fraction of sp³-hybridized carbons (Fsp3) is 0.357. The van der Waals surface area contributed by atoms with E-state index in [-0.39, 0.29) is 12.6 Å². The van der Waals surface area contributed by atoms with Crippen LogP contribution in [0, 0.1) is 5.92 Å². The fourth-order valence-corrected chi connectivity index (χ4v) is 2.74. The minimum atomic E-state index is -0.194. The van der Waals surface area contributed by atoms with Crippen LogP contribution in [0.5, 0.6) is 0 Å². The smallest absolute Gasteiger partial charge is 0.0947 e. The molecule has 2 heterocycles. The van der Waals surface area contributed by atoms with Gasteiger partial charge in [0.05, 0.1) is 12.2 Å². The van der Waals surface area contributed by atoms with E-state index in [4.69, 9.17) is 0 Å². The molecule has 4 heteroatoms. The molecule has 0 saturated carbocycles. The summed E-state index contributed by atoms with van der Waals surface area (Å²) in [5, 5.41) is 1.15. The molecule has 0 atom stereocenters. The summed E-state index contributed by atoms with van der Waals surface area (Å²) in [6.07, 6.45) is 1.91. The van der Waals surface area contributed by atoms with Gasteiger partial charge in [0.2, 0.25) is 0 Å². The van der Waals surface area contributed by atoms with Crippen molar-refractivity contribution in [3.63, 3.8) is 0 Å². The molecule has 94 valence electrons. The predicted octanol–water partition coefficient (Wildman–Crippen LogP) is 3.40. The number of hydrogen-bond acceptors (Lipinski definition) is 2. The molecule has 0 radical (unpaired) electrons. The molecule has 1 aliphatic rings. The largest absolute Gasteiger partial charge is 0.298 e. The highest BCUT2D eigenvalue weighted by Gasteiger charge is 2.26. The first-order valence-corrected chi connectivity index (χ1v) is 6.86. The summed E-state index contributed by atoms with van der Waals surface area (Å²) < 4.78 is 13.4. The van der Waals surface area contributed by atoms with Crippen molar-refractivity contribution in [2.24, 2.45) is 5.92 Å². The van der Waals surface area contributed by atoms with E-state index in [1.165, 1.54) is 5.56 Å². The molecular weight excluding hydrogens is 295 g/mol. The molecule has 1 aromatic heterocycles. The van der Waals surface area contributed by atoms with Gasteiger partial charge in [0.25, 0.3) is 0 Å². The van der Waals surface area contributed by atoms with Gasteiger partial charge >= 0.3 is 0 Å². The lowest BCUT2D eigenvalue weighted by Gasteiger charge is -2.37. The summed E-state index contributed by atoms with van der Waals surface area (Å²) in [7, 11) is 0. The molecule has 18 heavy (non-hydrogen) atoms. The number of halogens is 2. The Balaban J connectivity index is 1.75. The number of hydrogen-bond donors (Lipinski definition) is 0. The topological polar surface area (TPSA) is 16.1 Å². The summed E-state index contributed by atoms with van der Waals surface area (Å²) >= 11 is 3.44. The lowest BCUT2D eigenvalue weighted by Crippen LogP contribution is -2.46. The zero-order valence-electron chi connectivity index (χ0n) is 9.94. The van der Waals surface area contributed by atoms with Crippen molar-refractivity contribution < 1.29 is 4.39 Å². The van der Waals surface area contributed by atoms with Gasteiger partial charge in [-0.2, -0.15) is 0 Å². The first-order valence-electron chi connectivity index (χ1n) is 6.07. The zero-order chi connectivity index (χ0) is 12.5. The quantitative estimate of drug-likeness (QED) is 0.864. The number of alkyl halides is 1. The molecule has 0 amide bonds. The van der Waals surface area contributed by atoms with Crippen LogP contribution < -0.4 is 0 Å². The Morgan fingerprint density at radius 3 is 2.94 bits per heavy atom. The van der Waals surface area contributed by atoms with Crippen molar-refractivity contribution in [1.82, 2.24) is 9.88 Å². The summed E-state index contributed by atoms with van der Waals surface area (Å²) in [6.45, 7) is 2.42. The van der Waals surface area contributed by atoms with Crippen LogP contribution in [0.15, 0.2) is 34.9 Å². The third kappa shape index (κ3) is 2.40. The highest BCUT2D eigenvalue weighted by atomic mass is 79.9. The molecule has 0 bridgehead atoms. The van der Waals surface area contributed by atoms with E-state index in [0.717, 1.165) is 35.0 Å². The third-order valence-corrected chi connectivity index (χ3v) is 3.85. The van der Waals surface area contributed by atoms with Crippen molar-refractivity contribution in [3.05, 3.63) is 40.5 Å². The second-order valence-electron chi connectivity index (χ2n) is 4.90. The monoisotopic (exact) mass is 308 g/mol. The number of likely N-dealkylation sites (tertiary alicyclic amines) is 1. The minimum Gasteiger partial charge on any atom is -0.298 e. The van der Waals surface area contributed by atoms with Crippen LogP contribution in [0.4, 0.5) is 4.39 Å². The van der Waals surface area contributed by atoms with Crippen molar-refractivity contribution in [2.75, 3.05) is 19.8 Å². The predicted molar refractivity (Wildman–Crippen MR) is 74.2 cm³/mol. The molecule has 1 aromatic carbocycles. The number of fused-ring (bicyclic) bond motifs is 1. The van der Waals surface area contributed by atoms with Crippen molar-refractivity contribution in [3.8, 4) is 0 Å². The van der Waals surface area contributed by atoms with Crippen LogP contribution in [0.25, 0.3) is 10.9 Å². The average molecular weight is 309 g/mol. The van der Waals surface area contributed by atoms with E-state index in [2.05, 4.69) is 37.9 Å². The molecule has 2 nitrogen and oxygen atoms in total. The van der Waals surface area contributed by atoms with Crippen LogP contribution in [-0.4, -0.2) is 29.6 Å². The lowest BCUT2D eigenvalue weighted by atomic mass is 10.0. The van der Waals surface area contributed by atoms with Crippen LogP contribution in [0.1, 0.15) is 5.56 Å². The van der Waals surface area contributed by atoms with Gasteiger partial charge in [-0.05, 0) is 23.8 Å². The van der Waals surface area contributed by atoms with E-state index in [1.54, 1.807) is 0 Å². The molecule has 1 fully saturated rings. The van der Waals surface area contributed by atoms with Gasteiger partial charge in [-0.15, -0.1) is 0 Å². The Morgan fingerprint density at radius 1 is 1.33 bits per heavy atom. The van der Waals surface area contributed by atoms with Gasteiger partial charge in [-0.3, -0.25) is 14.3 Å². The van der Waals surface area contributed by atoms with Gasteiger partial charge < -0.3 is 0 Å².